The number of hydrogen-bond donors (Lipinski definition) is 3. The molecular weight excluding hydrogens is 286 g/mol. The summed E-state index contributed by atoms with van der Waals surface area (Å²) >= 11 is 0. The molecule has 0 saturated carbocycles. The number of ether oxygens (including phenoxy) is 1. The van der Waals surface area contributed by atoms with Crippen LogP contribution in [0.5, 0.6) is 5.75 Å². The van der Waals surface area contributed by atoms with E-state index in [0.717, 1.165) is 22.4 Å². The highest BCUT2D eigenvalue weighted by Crippen LogP contribution is 2.27. The molecule has 0 radical (unpaired) electrons. The Balaban J connectivity index is 1.71. The molecule has 1 aliphatic heterocycles. The number of hydrogen-bond acceptors (Lipinski definition) is 4. The van der Waals surface area contributed by atoms with Gasteiger partial charge in [-0.05, 0) is 41.8 Å². The first-order chi connectivity index (χ1) is 11.1. The summed E-state index contributed by atoms with van der Waals surface area (Å²) in [5.74, 6) is 0.797. The van der Waals surface area contributed by atoms with Crippen LogP contribution in [0, 0.1) is 0 Å². The number of rotatable bonds is 4. The van der Waals surface area contributed by atoms with Crippen molar-refractivity contribution in [2.75, 3.05) is 0 Å². The predicted molar refractivity (Wildman–Crippen MR) is 92.2 cm³/mol. The fourth-order valence-corrected chi connectivity index (χ4v) is 2.52. The van der Waals surface area contributed by atoms with Crippen LogP contribution in [0.1, 0.15) is 18.1 Å². The lowest BCUT2D eigenvalue weighted by atomic mass is 9.93. The van der Waals surface area contributed by atoms with Gasteiger partial charge >= 0.3 is 0 Å². The molecule has 0 aromatic heterocycles. The molecular formula is C19H21N3O. The van der Waals surface area contributed by atoms with Gasteiger partial charge in [0.2, 0.25) is 0 Å². The summed E-state index contributed by atoms with van der Waals surface area (Å²) in [4.78, 5) is 0. The molecule has 0 spiro atoms. The van der Waals surface area contributed by atoms with E-state index in [1.807, 2.05) is 73.8 Å². The van der Waals surface area contributed by atoms with Gasteiger partial charge in [-0.15, -0.1) is 0 Å². The first-order valence-corrected chi connectivity index (χ1v) is 7.56. The van der Waals surface area contributed by atoms with Gasteiger partial charge in [0.15, 0.2) is 5.66 Å². The molecule has 0 bridgehead atoms. The summed E-state index contributed by atoms with van der Waals surface area (Å²) in [5, 5.41) is 3.17. The predicted octanol–water partition coefficient (Wildman–Crippen LogP) is 2.73. The van der Waals surface area contributed by atoms with Crippen molar-refractivity contribution in [3.8, 4) is 5.75 Å². The molecule has 5 N–H and O–H groups in total. The van der Waals surface area contributed by atoms with E-state index in [4.69, 9.17) is 16.2 Å². The van der Waals surface area contributed by atoms with Gasteiger partial charge in [0.25, 0.3) is 0 Å². The smallest absolute Gasteiger partial charge is 0.153 e. The fourth-order valence-electron chi connectivity index (χ4n) is 2.52. The number of nitrogens with one attached hydrogen (secondary N) is 1. The largest absolute Gasteiger partial charge is 0.489 e. The monoisotopic (exact) mass is 307 g/mol. The molecule has 3 rings (SSSR count). The van der Waals surface area contributed by atoms with Crippen molar-refractivity contribution in [3.63, 3.8) is 0 Å². The minimum absolute atomic E-state index is 0.538. The number of nitrogens with two attached hydrogens (primary N) is 2. The van der Waals surface area contributed by atoms with Gasteiger partial charge in [0.05, 0.1) is 5.70 Å². The van der Waals surface area contributed by atoms with Gasteiger partial charge in [-0.25, -0.2) is 0 Å². The van der Waals surface area contributed by atoms with E-state index in [-0.39, 0.29) is 0 Å². The minimum atomic E-state index is -0.878. The summed E-state index contributed by atoms with van der Waals surface area (Å²) in [6.07, 6.45) is 3.76. The highest BCUT2D eigenvalue weighted by molar-refractivity contribution is 5.41. The molecule has 118 valence electrons. The van der Waals surface area contributed by atoms with Crippen LogP contribution in [0.4, 0.5) is 0 Å². The van der Waals surface area contributed by atoms with Gasteiger partial charge in [0, 0.05) is 6.20 Å². The first-order valence-electron chi connectivity index (χ1n) is 7.56. The lowest BCUT2D eigenvalue weighted by Gasteiger charge is -2.34. The normalized spacial score (nSPS) is 20.3. The van der Waals surface area contributed by atoms with E-state index in [1.165, 1.54) is 0 Å². The Morgan fingerprint density at radius 2 is 1.74 bits per heavy atom. The Morgan fingerprint density at radius 3 is 2.39 bits per heavy atom. The molecule has 23 heavy (non-hydrogen) atoms. The van der Waals surface area contributed by atoms with E-state index < -0.39 is 5.66 Å². The van der Waals surface area contributed by atoms with Crippen molar-refractivity contribution in [1.29, 1.82) is 0 Å². The summed E-state index contributed by atoms with van der Waals surface area (Å²) in [6, 6.07) is 17.7. The second-order valence-corrected chi connectivity index (χ2v) is 5.74. The molecule has 1 unspecified atom stereocenters. The van der Waals surface area contributed by atoms with Crippen molar-refractivity contribution in [2.24, 2.45) is 11.5 Å². The summed E-state index contributed by atoms with van der Waals surface area (Å²) < 4.78 is 5.79. The van der Waals surface area contributed by atoms with Crippen LogP contribution >= 0.6 is 0 Å². The van der Waals surface area contributed by atoms with Gasteiger partial charge in [0.1, 0.15) is 12.4 Å². The number of dihydropyridines is 1. The van der Waals surface area contributed by atoms with Crippen molar-refractivity contribution >= 4 is 0 Å². The number of benzene rings is 2. The zero-order valence-electron chi connectivity index (χ0n) is 13.1. The van der Waals surface area contributed by atoms with Gasteiger partial charge in [-0.2, -0.15) is 0 Å². The van der Waals surface area contributed by atoms with Crippen LogP contribution in [0.25, 0.3) is 0 Å². The third-order valence-electron chi connectivity index (χ3n) is 3.92. The SMILES string of the molecule is CC1=CNC(N)(c2ccc(OCc3ccccc3)cc2)C(N)=C1. The Morgan fingerprint density at radius 1 is 1.04 bits per heavy atom. The summed E-state index contributed by atoms with van der Waals surface area (Å²) in [7, 11) is 0. The van der Waals surface area contributed by atoms with Crippen LogP contribution in [0.15, 0.2) is 78.1 Å². The molecule has 0 aliphatic carbocycles. The summed E-state index contributed by atoms with van der Waals surface area (Å²) in [6.45, 7) is 2.51. The lowest BCUT2D eigenvalue weighted by Crippen LogP contribution is -2.53. The van der Waals surface area contributed by atoms with Crippen LogP contribution in [-0.2, 0) is 12.3 Å². The molecule has 0 fully saturated rings. The maximum absolute atomic E-state index is 6.41. The second-order valence-electron chi connectivity index (χ2n) is 5.74. The minimum Gasteiger partial charge on any atom is -0.489 e. The van der Waals surface area contributed by atoms with E-state index in [2.05, 4.69) is 5.32 Å². The Hall–Kier alpha value is -2.72. The molecule has 2 aromatic rings. The van der Waals surface area contributed by atoms with E-state index in [0.29, 0.717) is 12.3 Å². The standard InChI is InChI=1S/C19H21N3O/c1-14-11-18(20)19(21,22-12-14)16-7-9-17(10-8-16)23-13-15-5-3-2-4-6-15/h2-12,22H,13,20-21H2,1H3. The van der Waals surface area contributed by atoms with E-state index in [9.17, 15) is 0 Å². The van der Waals surface area contributed by atoms with Crippen LogP contribution in [-0.4, -0.2) is 0 Å². The highest BCUT2D eigenvalue weighted by Gasteiger charge is 2.31. The zero-order chi connectivity index (χ0) is 16.3. The van der Waals surface area contributed by atoms with Gasteiger partial charge in [-0.1, -0.05) is 42.5 Å². The Labute approximate surface area is 136 Å². The molecule has 0 saturated heterocycles. The van der Waals surface area contributed by atoms with Gasteiger partial charge < -0.3 is 15.8 Å². The van der Waals surface area contributed by atoms with Crippen LogP contribution in [0.3, 0.4) is 0 Å². The maximum Gasteiger partial charge on any atom is 0.153 e. The van der Waals surface area contributed by atoms with E-state index in [1.54, 1.807) is 0 Å². The zero-order valence-corrected chi connectivity index (χ0v) is 13.1. The van der Waals surface area contributed by atoms with Crippen molar-refractivity contribution in [2.45, 2.75) is 19.2 Å². The number of allylic oxidation sites excluding steroid dienone is 2. The quantitative estimate of drug-likeness (QED) is 0.812. The Bertz CT molecular complexity index is 735. The third-order valence-corrected chi connectivity index (χ3v) is 3.92. The average Bonchev–Trinajstić information content (AvgIpc) is 2.58. The molecule has 4 nitrogen and oxygen atoms in total. The summed E-state index contributed by atoms with van der Waals surface area (Å²) in [5.41, 5.74) is 15.3. The molecule has 4 heteroatoms. The Kier molecular flexibility index (Phi) is 4.08. The lowest BCUT2D eigenvalue weighted by molar-refractivity contribution is 0.306. The molecule has 1 heterocycles. The van der Waals surface area contributed by atoms with Gasteiger partial charge in [-0.3, -0.25) is 5.73 Å². The topological polar surface area (TPSA) is 73.3 Å². The fraction of sp³-hybridized carbons (Fsp3) is 0.158. The molecule has 1 atom stereocenters. The molecule has 2 aromatic carbocycles. The third kappa shape index (κ3) is 3.22. The maximum atomic E-state index is 6.41. The van der Waals surface area contributed by atoms with Crippen LogP contribution in [0.2, 0.25) is 0 Å². The second kappa shape index (κ2) is 6.18. The van der Waals surface area contributed by atoms with Crippen molar-refractivity contribution in [3.05, 3.63) is 89.3 Å². The highest BCUT2D eigenvalue weighted by atomic mass is 16.5. The van der Waals surface area contributed by atoms with Crippen molar-refractivity contribution < 1.29 is 4.74 Å². The van der Waals surface area contributed by atoms with Crippen LogP contribution < -0.4 is 21.5 Å². The first kappa shape index (κ1) is 15.2. The molecule has 0 amide bonds. The molecule has 1 aliphatic rings. The average molecular weight is 307 g/mol. The van der Waals surface area contributed by atoms with E-state index >= 15 is 0 Å². The van der Waals surface area contributed by atoms with Crippen molar-refractivity contribution in [1.82, 2.24) is 5.32 Å².